The number of nitrogens with zero attached hydrogens (tertiary/aromatic N) is 4. The fraction of sp³-hybridized carbons (Fsp3) is 0.455. The lowest BCUT2D eigenvalue weighted by Crippen LogP contribution is -2.52. The second-order valence-electron chi connectivity index (χ2n) is 8.12. The maximum atomic E-state index is 13.3. The van der Waals surface area contributed by atoms with Crippen molar-refractivity contribution in [2.45, 2.75) is 51.1 Å². The molecule has 3 aromatic rings. The van der Waals surface area contributed by atoms with Gasteiger partial charge in [0.1, 0.15) is 23.2 Å². The van der Waals surface area contributed by atoms with Crippen LogP contribution < -0.4 is 5.32 Å². The summed E-state index contributed by atoms with van der Waals surface area (Å²) in [5.41, 5.74) is -1.04. The third-order valence-corrected chi connectivity index (χ3v) is 5.76. The molecule has 1 aliphatic heterocycles. The number of carbonyl (C=O) groups is 1. The Morgan fingerprint density at radius 3 is 2.73 bits per heavy atom. The molecule has 1 fully saturated rings. The number of aliphatic hydroxyl groups is 1. The molecule has 3 heterocycles. The average molecular weight is 463 g/mol. The molecule has 1 aliphatic rings. The monoisotopic (exact) mass is 463 g/mol. The van der Waals surface area contributed by atoms with Crippen molar-refractivity contribution in [1.82, 2.24) is 24.8 Å². The molecule has 2 N–H and O–H groups in total. The van der Waals surface area contributed by atoms with Crippen LogP contribution in [-0.2, 0) is 17.5 Å². The van der Waals surface area contributed by atoms with Gasteiger partial charge in [-0.3, -0.25) is 9.78 Å². The van der Waals surface area contributed by atoms with Crippen molar-refractivity contribution in [3.63, 3.8) is 0 Å². The Morgan fingerprint density at radius 2 is 2.12 bits per heavy atom. The molecule has 11 heteroatoms. The number of nitrogens with one attached hydrogen (secondary N) is 1. The molecule has 0 bridgehead atoms. The maximum Gasteiger partial charge on any atom is 0.416 e. The van der Waals surface area contributed by atoms with Crippen LogP contribution in [-0.4, -0.2) is 49.3 Å². The summed E-state index contributed by atoms with van der Waals surface area (Å²) in [6.45, 7) is 4.18. The van der Waals surface area contributed by atoms with Crippen LogP contribution in [0, 0.1) is 6.92 Å². The van der Waals surface area contributed by atoms with Gasteiger partial charge in [0, 0.05) is 19.3 Å². The van der Waals surface area contributed by atoms with E-state index in [0.717, 1.165) is 12.1 Å². The molecule has 2 atom stereocenters. The zero-order valence-electron chi connectivity index (χ0n) is 18.2. The van der Waals surface area contributed by atoms with Crippen molar-refractivity contribution < 1.29 is 27.8 Å². The number of hydrogen-bond acceptors (Lipinski definition) is 6. The second-order valence-corrected chi connectivity index (χ2v) is 8.12. The van der Waals surface area contributed by atoms with Gasteiger partial charge in [-0.1, -0.05) is 0 Å². The molecule has 0 saturated carbocycles. The lowest BCUT2D eigenvalue weighted by atomic mass is 9.87. The fourth-order valence-corrected chi connectivity index (χ4v) is 4.05. The molecule has 33 heavy (non-hydrogen) atoms. The molecule has 0 unspecified atom stereocenters. The summed E-state index contributed by atoms with van der Waals surface area (Å²) in [4.78, 5) is 25.6. The first-order chi connectivity index (χ1) is 15.6. The largest absolute Gasteiger partial charge is 0.416 e. The number of rotatable bonds is 5. The number of amides is 1. The molecule has 1 amide bonds. The van der Waals surface area contributed by atoms with Crippen molar-refractivity contribution in [3.05, 3.63) is 53.4 Å². The Bertz CT molecular complexity index is 1150. The summed E-state index contributed by atoms with van der Waals surface area (Å²) >= 11 is 0. The highest BCUT2D eigenvalue weighted by molar-refractivity contribution is 5.92. The summed E-state index contributed by atoms with van der Waals surface area (Å²) < 4.78 is 47.0. The van der Waals surface area contributed by atoms with Crippen LogP contribution in [0.2, 0.25) is 0 Å². The number of aryl methyl sites for hydroxylation is 2. The normalized spacial score (nSPS) is 20.1. The third kappa shape index (κ3) is 4.55. The first-order valence-corrected chi connectivity index (χ1v) is 10.6. The average Bonchev–Trinajstić information content (AvgIpc) is 3.15. The first-order valence-electron chi connectivity index (χ1n) is 10.6. The summed E-state index contributed by atoms with van der Waals surface area (Å²) in [5.74, 6) is -0.342. The van der Waals surface area contributed by atoms with Crippen molar-refractivity contribution in [2.24, 2.45) is 0 Å². The summed E-state index contributed by atoms with van der Waals surface area (Å²) in [6.07, 6.45) is -0.871. The molecule has 1 aromatic carbocycles. The SMILES string of the molecule is CCn1c([C@@H](NC(=O)c2cnc(C)cn2)[C@]2(O)CCCOC2)nc2ccc(C(F)(F)F)cc21. The molecule has 2 aromatic heterocycles. The van der Waals surface area contributed by atoms with Crippen LogP contribution in [0.15, 0.2) is 30.6 Å². The Kier molecular flexibility index (Phi) is 6.10. The van der Waals surface area contributed by atoms with E-state index in [1.807, 2.05) is 0 Å². The third-order valence-electron chi connectivity index (χ3n) is 5.76. The van der Waals surface area contributed by atoms with E-state index in [4.69, 9.17) is 4.74 Å². The number of ether oxygens (including phenoxy) is 1. The van der Waals surface area contributed by atoms with Crippen molar-refractivity contribution in [1.29, 1.82) is 0 Å². The number of aromatic nitrogens is 4. The Balaban J connectivity index is 1.81. The van der Waals surface area contributed by atoms with Gasteiger partial charge < -0.3 is 19.7 Å². The highest BCUT2D eigenvalue weighted by Crippen LogP contribution is 2.36. The van der Waals surface area contributed by atoms with E-state index < -0.39 is 29.3 Å². The van der Waals surface area contributed by atoms with Crippen LogP contribution in [0.1, 0.15) is 53.4 Å². The van der Waals surface area contributed by atoms with E-state index in [1.165, 1.54) is 18.5 Å². The van der Waals surface area contributed by atoms with Gasteiger partial charge in [-0.25, -0.2) is 9.97 Å². The summed E-state index contributed by atoms with van der Waals surface area (Å²) in [5, 5.41) is 14.2. The Labute approximate surface area is 187 Å². The minimum atomic E-state index is -4.51. The van der Waals surface area contributed by atoms with Crippen LogP contribution in [0.3, 0.4) is 0 Å². The number of halogens is 3. The first kappa shape index (κ1) is 23.1. The molecule has 0 aliphatic carbocycles. The highest BCUT2D eigenvalue weighted by Gasteiger charge is 2.44. The van der Waals surface area contributed by atoms with Gasteiger partial charge in [0.2, 0.25) is 0 Å². The number of benzene rings is 1. The van der Waals surface area contributed by atoms with Gasteiger partial charge in [-0.15, -0.1) is 0 Å². The zero-order chi connectivity index (χ0) is 23.8. The van der Waals surface area contributed by atoms with Crippen molar-refractivity contribution in [3.8, 4) is 0 Å². The number of fused-ring (bicyclic) bond motifs is 1. The second kappa shape index (κ2) is 8.71. The van der Waals surface area contributed by atoms with Crippen LogP contribution in [0.4, 0.5) is 13.2 Å². The number of imidazole rings is 1. The standard InChI is InChI=1S/C22H24F3N5O3/c1-3-30-17-9-14(22(23,24)25)5-6-15(17)28-19(30)18(21(32)7-4-8-33-12-21)29-20(31)16-11-26-13(2)10-27-16/h5-6,9-11,18,32H,3-4,7-8,12H2,1-2H3,(H,29,31)/t18-,21+/m1/s1. The molecular weight excluding hydrogens is 439 g/mol. The van der Waals surface area contributed by atoms with Crippen molar-refractivity contribution in [2.75, 3.05) is 13.2 Å². The van der Waals surface area contributed by atoms with E-state index in [2.05, 4.69) is 20.3 Å². The topological polar surface area (TPSA) is 102 Å². The Hall–Kier alpha value is -3.05. The molecule has 1 saturated heterocycles. The van der Waals surface area contributed by atoms with Gasteiger partial charge in [0.15, 0.2) is 0 Å². The van der Waals surface area contributed by atoms with Crippen LogP contribution >= 0.6 is 0 Å². The van der Waals surface area contributed by atoms with E-state index >= 15 is 0 Å². The van der Waals surface area contributed by atoms with Crippen molar-refractivity contribution >= 4 is 16.9 Å². The van der Waals surface area contributed by atoms with Crippen LogP contribution in [0.25, 0.3) is 11.0 Å². The Morgan fingerprint density at radius 1 is 1.33 bits per heavy atom. The fourth-order valence-electron chi connectivity index (χ4n) is 4.05. The van der Waals surface area contributed by atoms with Gasteiger partial charge in [-0.2, -0.15) is 13.2 Å². The minimum absolute atomic E-state index is 0.0458. The molecule has 4 rings (SSSR count). The highest BCUT2D eigenvalue weighted by atomic mass is 19.4. The predicted molar refractivity (Wildman–Crippen MR) is 112 cm³/mol. The summed E-state index contributed by atoms with van der Waals surface area (Å²) in [6, 6.07) is 2.24. The van der Waals surface area contributed by atoms with E-state index in [9.17, 15) is 23.1 Å². The smallest absolute Gasteiger partial charge is 0.385 e. The van der Waals surface area contributed by atoms with Crippen LogP contribution in [0.5, 0.6) is 0 Å². The number of alkyl halides is 3. The molecular formula is C22H24F3N5O3. The molecule has 0 spiro atoms. The number of carbonyl (C=O) groups excluding carboxylic acids is 1. The summed E-state index contributed by atoms with van der Waals surface area (Å²) in [7, 11) is 0. The van der Waals surface area contributed by atoms with Gasteiger partial charge in [0.25, 0.3) is 5.91 Å². The maximum absolute atomic E-state index is 13.3. The zero-order valence-corrected chi connectivity index (χ0v) is 18.2. The van der Waals surface area contributed by atoms with E-state index in [0.29, 0.717) is 30.7 Å². The predicted octanol–water partition coefficient (Wildman–Crippen LogP) is 3.19. The van der Waals surface area contributed by atoms with Gasteiger partial charge in [0.05, 0.1) is 35.1 Å². The quantitative estimate of drug-likeness (QED) is 0.603. The lowest BCUT2D eigenvalue weighted by molar-refractivity contribution is -0.137. The molecule has 0 radical (unpaired) electrons. The molecule has 8 nitrogen and oxygen atoms in total. The lowest BCUT2D eigenvalue weighted by Gasteiger charge is -2.38. The van der Waals surface area contributed by atoms with Gasteiger partial charge in [-0.05, 0) is 44.9 Å². The number of hydrogen-bond donors (Lipinski definition) is 2. The minimum Gasteiger partial charge on any atom is -0.385 e. The van der Waals surface area contributed by atoms with Gasteiger partial charge >= 0.3 is 6.18 Å². The molecule has 176 valence electrons. The van der Waals surface area contributed by atoms with E-state index in [1.54, 1.807) is 18.4 Å². The van der Waals surface area contributed by atoms with E-state index in [-0.39, 0.29) is 30.2 Å².